The number of aryl methyl sites for hydroxylation is 2. The van der Waals surface area contributed by atoms with Crippen molar-refractivity contribution in [3.8, 4) is 0 Å². The lowest BCUT2D eigenvalue weighted by Crippen LogP contribution is -3.00. The fourth-order valence-corrected chi connectivity index (χ4v) is 3.63. The summed E-state index contributed by atoms with van der Waals surface area (Å²) in [7, 11) is 0. The van der Waals surface area contributed by atoms with Crippen molar-refractivity contribution >= 4 is 10.9 Å². The molecular weight excluding hydrogens is 244 g/mol. The Hall–Kier alpha value is -0.990. The summed E-state index contributed by atoms with van der Waals surface area (Å²) in [6, 6.07) is 7.54. The molecule has 2 heterocycles. The number of fused-ring (bicyclic) bond motifs is 3. The van der Waals surface area contributed by atoms with Crippen LogP contribution in [0, 0.1) is 6.92 Å². The van der Waals surface area contributed by atoms with E-state index in [9.17, 15) is 0 Å². The van der Waals surface area contributed by atoms with Gasteiger partial charge in [0.25, 0.3) is 0 Å². The van der Waals surface area contributed by atoms with Gasteiger partial charge in [0.2, 0.25) is 0 Å². The molecule has 0 radical (unpaired) electrons. The second-order valence-corrected chi connectivity index (χ2v) is 5.43. The third kappa shape index (κ3) is 1.52. The van der Waals surface area contributed by atoms with Gasteiger partial charge < -0.3 is 22.3 Å². The summed E-state index contributed by atoms with van der Waals surface area (Å²) in [5.41, 5.74) is 6.04. The number of benzene rings is 1. The predicted octanol–water partition coefficient (Wildman–Crippen LogP) is -0.0657. The summed E-state index contributed by atoms with van der Waals surface area (Å²) in [5.74, 6) is 0. The molecule has 2 nitrogen and oxygen atoms in total. The van der Waals surface area contributed by atoms with Gasteiger partial charge in [-0.1, -0.05) is 11.6 Å². The lowest BCUT2D eigenvalue weighted by Gasteiger charge is -2.31. The zero-order valence-corrected chi connectivity index (χ0v) is 11.4. The Bertz CT molecular complexity index is 598. The molecule has 0 saturated heterocycles. The molecule has 1 N–H and O–H groups in total. The Balaban J connectivity index is 0.000001000. The number of hydrogen-bond acceptors (Lipinski definition) is 1. The van der Waals surface area contributed by atoms with Crippen LogP contribution in [0.5, 0.6) is 0 Å². The van der Waals surface area contributed by atoms with Crippen molar-refractivity contribution in [1.29, 1.82) is 0 Å². The van der Waals surface area contributed by atoms with Gasteiger partial charge in [-0.05, 0) is 43.9 Å². The van der Waals surface area contributed by atoms with Crippen molar-refractivity contribution < 1.29 is 12.4 Å². The minimum absolute atomic E-state index is 0. The molecule has 1 aromatic carbocycles. The van der Waals surface area contributed by atoms with Gasteiger partial charge in [-0.25, -0.2) is 0 Å². The molecule has 2 aromatic rings. The third-order valence-corrected chi connectivity index (χ3v) is 4.34. The zero-order chi connectivity index (χ0) is 11.4. The largest absolute Gasteiger partial charge is 1.00 e. The molecule has 0 saturated carbocycles. The van der Waals surface area contributed by atoms with Crippen molar-refractivity contribution in [2.24, 2.45) is 0 Å². The molecule has 0 amide bonds. The molecule has 1 atom stereocenters. The maximum absolute atomic E-state index is 3.67. The van der Waals surface area contributed by atoms with Gasteiger partial charge in [0, 0.05) is 35.7 Å². The van der Waals surface area contributed by atoms with E-state index in [0.717, 1.165) is 13.1 Å². The number of nitrogens with zero attached hydrogens (tertiary/aromatic N) is 1. The molecule has 1 aromatic heterocycles. The van der Waals surface area contributed by atoms with Crippen LogP contribution in [0.1, 0.15) is 35.7 Å². The van der Waals surface area contributed by atoms with Gasteiger partial charge in [0.05, 0.1) is 0 Å². The maximum Gasteiger partial charge on any atom is 0.0486 e. The smallest absolute Gasteiger partial charge is 0.0486 e. The number of halogens is 1. The van der Waals surface area contributed by atoms with E-state index >= 15 is 0 Å². The number of nitrogens with one attached hydrogen (secondary N) is 1. The first kappa shape index (κ1) is 12.1. The minimum Gasteiger partial charge on any atom is -1.00 e. The summed E-state index contributed by atoms with van der Waals surface area (Å²) >= 11 is 0. The van der Waals surface area contributed by atoms with Crippen LogP contribution in [0.3, 0.4) is 0 Å². The standard InChI is InChI=1S/C15H18N2.ClH/c1-10-5-6-14-12(9-10)11-3-2-4-13-15(11)17(14)8-7-16-13;/h5-6,9,13,16H,2-4,7-8H2,1H3;1H/p-1. The average molecular weight is 262 g/mol. The maximum atomic E-state index is 3.67. The molecule has 4 rings (SSSR count). The highest BCUT2D eigenvalue weighted by atomic mass is 35.5. The van der Waals surface area contributed by atoms with Gasteiger partial charge in [0.1, 0.15) is 0 Å². The van der Waals surface area contributed by atoms with Gasteiger partial charge in [-0.3, -0.25) is 0 Å². The first-order valence-corrected chi connectivity index (χ1v) is 6.69. The average Bonchev–Trinajstić information content (AvgIpc) is 2.67. The number of hydrogen-bond donors (Lipinski definition) is 1. The van der Waals surface area contributed by atoms with Crippen molar-refractivity contribution in [1.82, 2.24) is 9.88 Å². The minimum atomic E-state index is 0. The number of aromatic nitrogens is 1. The SMILES string of the molecule is Cc1ccc2c(c1)c1c3n2CCNC3CCC1.[Cl-]. The quantitative estimate of drug-likeness (QED) is 0.703. The monoisotopic (exact) mass is 261 g/mol. The van der Waals surface area contributed by atoms with Crippen LogP contribution in [0.4, 0.5) is 0 Å². The highest BCUT2D eigenvalue weighted by Gasteiger charge is 2.29. The molecule has 0 fully saturated rings. The van der Waals surface area contributed by atoms with Gasteiger partial charge in [-0.2, -0.15) is 0 Å². The predicted molar refractivity (Wildman–Crippen MR) is 70.4 cm³/mol. The molecule has 2 aliphatic rings. The van der Waals surface area contributed by atoms with Crippen molar-refractivity contribution in [3.63, 3.8) is 0 Å². The second-order valence-electron chi connectivity index (χ2n) is 5.43. The molecule has 1 aliphatic carbocycles. The van der Waals surface area contributed by atoms with E-state index in [2.05, 4.69) is 35.0 Å². The van der Waals surface area contributed by atoms with Crippen LogP contribution in [0.15, 0.2) is 18.2 Å². The highest BCUT2D eigenvalue weighted by Crippen LogP contribution is 2.38. The van der Waals surface area contributed by atoms with Crippen LogP contribution >= 0.6 is 0 Å². The zero-order valence-electron chi connectivity index (χ0n) is 10.7. The Morgan fingerprint density at radius 2 is 2.22 bits per heavy atom. The normalized spacial score (nSPS) is 21.5. The Morgan fingerprint density at radius 1 is 1.33 bits per heavy atom. The van der Waals surface area contributed by atoms with E-state index in [0.29, 0.717) is 6.04 Å². The van der Waals surface area contributed by atoms with Crippen LogP contribution < -0.4 is 17.7 Å². The molecular formula is C15H18ClN2-. The van der Waals surface area contributed by atoms with E-state index in [1.54, 1.807) is 11.3 Å². The third-order valence-electron chi connectivity index (χ3n) is 4.34. The van der Waals surface area contributed by atoms with E-state index in [4.69, 9.17) is 0 Å². The summed E-state index contributed by atoms with van der Waals surface area (Å²) < 4.78 is 2.56. The van der Waals surface area contributed by atoms with E-state index in [-0.39, 0.29) is 12.4 Å². The second kappa shape index (κ2) is 4.29. The summed E-state index contributed by atoms with van der Waals surface area (Å²) in [5, 5.41) is 5.18. The molecule has 1 aliphatic heterocycles. The Kier molecular flexibility index (Phi) is 2.87. The van der Waals surface area contributed by atoms with Crippen molar-refractivity contribution in [2.45, 2.75) is 38.8 Å². The van der Waals surface area contributed by atoms with Crippen LogP contribution in [-0.2, 0) is 13.0 Å². The van der Waals surface area contributed by atoms with Crippen molar-refractivity contribution in [2.75, 3.05) is 6.54 Å². The van der Waals surface area contributed by atoms with E-state index in [1.165, 1.54) is 35.7 Å². The van der Waals surface area contributed by atoms with Gasteiger partial charge in [0.15, 0.2) is 0 Å². The number of rotatable bonds is 0. The van der Waals surface area contributed by atoms with Crippen LogP contribution in [0.2, 0.25) is 0 Å². The van der Waals surface area contributed by atoms with Gasteiger partial charge in [-0.15, -0.1) is 0 Å². The topological polar surface area (TPSA) is 17.0 Å². The Labute approximate surface area is 114 Å². The van der Waals surface area contributed by atoms with Crippen molar-refractivity contribution in [3.05, 3.63) is 35.0 Å². The lowest BCUT2D eigenvalue weighted by atomic mass is 9.90. The van der Waals surface area contributed by atoms with Gasteiger partial charge >= 0.3 is 0 Å². The summed E-state index contributed by atoms with van der Waals surface area (Å²) in [6.07, 6.45) is 3.90. The molecule has 18 heavy (non-hydrogen) atoms. The molecule has 0 bridgehead atoms. The molecule has 1 unspecified atom stereocenters. The highest BCUT2D eigenvalue weighted by molar-refractivity contribution is 5.87. The van der Waals surface area contributed by atoms with E-state index < -0.39 is 0 Å². The summed E-state index contributed by atoms with van der Waals surface area (Å²) in [4.78, 5) is 0. The first-order valence-electron chi connectivity index (χ1n) is 6.69. The molecule has 0 spiro atoms. The molecule has 96 valence electrons. The van der Waals surface area contributed by atoms with E-state index in [1.807, 2.05) is 0 Å². The summed E-state index contributed by atoms with van der Waals surface area (Å²) in [6.45, 7) is 4.45. The fourth-order valence-electron chi connectivity index (χ4n) is 3.63. The lowest BCUT2D eigenvalue weighted by molar-refractivity contribution is -0.00000350. The van der Waals surface area contributed by atoms with Crippen LogP contribution in [0.25, 0.3) is 10.9 Å². The fraction of sp³-hybridized carbons (Fsp3) is 0.467. The first-order chi connectivity index (χ1) is 8.34. The van der Waals surface area contributed by atoms with Crippen LogP contribution in [-0.4, -0.2) is 11.1 Å². The molecule has 3 heteroatoms. The Morgan fingerprint density at radius 3 is 3.11 bits per heavy atom.